The summed E-state index contributed by atoms with van der Waals surface area (Å²) in [6.07, 6.45) is 6.27. The lowest BCUT2D eigenvalue weighted by atomic mass is 10.0. The van der Waals surface area contributed by atoms with Crippen LogP contribution >= 0.6 is 0 Å². The van der Waals surface area contributed by atoms with E-state index in [9.17, 15) is 8.42 Å². The standard InChI is InChI=1S/C27H37NO8S/c1-6-12-35-27-24(34-13-8-7-11-28)16-19(17-25(27)37(5,29)30)21-10-9-20(36-21)18-14-22(31-2)26(33-4)23(15-18)32-3/h7-8,14-17,20-21H,6,9-13,28H2,1-5H3. The molecule has 2 N–H and O–H groups in total. The van der Waals surface area contributed by atoms with Crippen molar-refractivity contribution in [2.75, 3.05) is 47.3 Å². The second-order valence-electron chi connectivity index (χ2n) is 8.63. The number of benzene rings is 2. The summed E-state index contributed by atoms with van der Waals surface area (Å²) < 4.78 is 60.1. The largest absolute Gasteiger partial charge is 0.493 e. The molecule has 204 valence electrons. The van der Waals surface area contributed by atoms with Crippen LogP contribution in [-0.4, -0.2) is 55.8 Å². The monoisotopic (exact) mass is 535 g/mol. The zero-order valence-corrected chi connectivity index (χ0v) is 22.9. The number of rotatable bonds is 13. The second kappa shape index (κ2) is 13.0. The molecule has 0 aliphatic carbocycles. The molecule has 2 aromatic rings. The topological polar surface area (TPSA) is 116 Å². The van der Waals surface area contributed by atoms with Crippen molar-refractivity contribution < 1.29 is 36.8 Å². The summed E-state index contributed by atoms with van der Waals surface area (Å²) in [6, 6.07) is 7.18. The van der Waals surface area contributed by atoms with Crippen LogP contribution in [0.1, 0.15) is 49.5 Å². The summed E-state index contributed by atoms with van der Waals surface area (Å²) in [4.78, 5) is 0.0797. The molecule has 37 heavy (non-hydrogen) atoms. The maximum atomic E-state index is 12.8. The van der Waals surface area contributed by atoms with E-state index < -0.39 is 9.84 Å². The Kier molecular flexibility index (Phi) is 10.1. The van der Waals surface area contributed by atoms with Crippen LogP contribution in [0.3, 0.4) is 0 Å². The van der Waals surface area contributed by atoms with E-state index in [2.05, 4.69) is 0 Å². The minimum atomic E-state index is -3.61. The predicted molar refractivity (Wildman–Crippen MR) is 141 cm³/mol. The number of sulfone groups is 1. The van der Waals surface area contributed by atoms with Crippen LogP contribution in [0.4, 0.5) is 0 Å². The Balaban J connectivity index is 1.97. The van der Waals surface area contributed by atoms with Gasteiger partial charge in [-0.3, -0.25) is 0 Å². The minimum absolute atomic E-state index is 0.0797. The average Bonchev–Trinajstić information content (AvgIpc) is 3.38. The van der Waals surface area contributed by atoms with Gasteiger partial charge in [-0.2, -0.15) is 0 Å². The lowest BCUT2D eigenvalue weighted by molar-refractivity contribution is 0.0435. The van der Waals surface area contributed by atoms with Gasteiger partial charge in [-0.05, 0) is 54.7 Å². The zero-order chi connectivity index (χ0) is 27.0. The van der Waals surface area contributed by atoms with E-state index in [4.69, 9.17) is 34.2 Å². The first-order valence-corrected chi connectivity index (χ1v) is 14.1. The van der Waals surface area contributed by atoms with Crippen LogP contribution in [0, 0.1) is 0 Å². The van der Waals surface area contributed by atoms with E-state index in [0.717, 1.165) is 24.7 Å². The molecule has 10 heteroatoms. The SMILES string of the molecule is CCCOc1c(OCC=CCN)cc(C2CCC(c3cc(OC)c(OC)c(OC)c3)O2)cc1S(C)(=O)=O. The highest BCUT2D eigenvalue weighted by Gasteiger charge is 2.32. The first kappa shape index (κ1) is 28.6. The first-order chi connectivity index (χ1) is 17.8. The molecule has 0 amide bonds. The van der Waals surface area contributed by atoms with Gasteiger partial charge in [0, 0.05) is 12.8 Å². The molecule has 0 saturated carbocycles. The summed E-state index contributed by atoms with van der Waals surface area (Å²) in [5.41, 5.74) is 7.11. The minimum Gasteiger partial charge on any atom is -0.493 e. The molecule has 1 saturated heterocycles. The predicted octanol–water partition coefficient (Wildman–Crippen LogP) is 4.39. The van der Waals surface area contributed by atoms with Crippen molar-refractivity contribution in [2.24, 2.45) is 5.73 Å². The molecule has 2 unspecified atom stereocenters. The highest BCUT2D eigenvalue weighted by Crippen LogP contribution is 2.48. The fraction of sp³-hybridized carbons (Fsp3) is 0.481. The van der Waals surface area contributed by atoms with Crippen molar-refractivity contribution in [2.45, 2.75) is 43.3 Å². The van der Waals surface area contributed by atoms with Crippen molar-refractivity contribution in [1.82, 2.24) is 0 Å². The normalized spacial score (nSPS) is 17.7. The lowest BCUT2D eigenvalue weighted by Gasteiger charge is -2.20. The quantitative estimate of drug-likeness (QED) is 0.373. The smallest absolute Gasteiger partial charge is 0.203 e. The van der Waals surface area contributed by atoms with Gasteiger partial charge in [-0.1, -0.05) is 19.1 Å². The van der Waals surface area contributed by atoms with Crippen molar-refractivity contribution in [1.29, 1.82) is 0 Å². The van der Waals surface area contributed by atoms with Crippen LogP contribution in [0.2, 0.25) is 0 Å². The van der Waals surface area contributed by atoms with Gasteiger partial charge in [0.05, 0.1) is 40.1 Å². The molecule has 1 fully saturated rings. The maximum Gasteiger partial charge on any atom is 0.203 e. The number of nitrogens with two attached hydrogens (primary N) is 1. The van der Waals surface area contributed by atoms with Crippen molar-refractivity contribution in [3.63, 3.8) is 0 Å². The van der Waals surface area contributed by atoms with Gasteiger partial charge in [0.1, 0.15) is 11.5 Å². The Bertz CT molecular complexity index is 1170. The van der Waals surface area contributed by atoms with E-state index in [0.29, 0.717) is 48.1 Å². The van der Waals surface area contributed by atoms with E-state index in [1.54, 1.807) is 45.6 Å². The Morgan fingerprint density at radius 1 is 0.892 bits per heavy atom. The third-order valence-corrected chi connectivity index (χ3v) is 7.08. The van der Waals surface area contributed by atoms with E-state index in [-0.39, 0.29) is 29.5 Å². The third-order valence-electron chi connectivity index (χ3n) is 5.98. The van der Waals surface area contributed by atoms with Crippen molar-refractivity contribution in [3.05, 3.63) is 47.5 Å². The summed E-state index contributed by atoms with van der Waals surface area (Å²) in [7, 11) is 1.08. The van der Waals surface area contributed by atoms with Crippen LogP contribution in [0.25, 0.3) is 0 Å². The Labute approximate surface area is 219 Å². The molecule has 0 radical (unpaired) electrons. The van der Waals surface area contributed by atoms with E-state index in [1.165, 1.54) is 0 Å². The molecular formula is C27H37NO8S. The molecule has 1 heterocycles. The molecule has 0 spiro atoms. The fourth-order valence-electron chi connectivity index (χ4n) is 4.23. The molecule has 2 atom stereocenters. The molecule has 2 aromatic carbocycles. The van der Waals surface area contributed by atoms with E-state index in [1.807, 2.05) is 19.1 Å². The highest BCUT2D eigenvalue weighted by molar-refractivity contribution is 7.90. The molecule has 1 aliphatic rings. The summed E-state index contributed by atoms with van der Waals surface area (Å²) >= 11 is 0. The second-order valence-corrected chi connectivity index (χ2v) is 10.6. The Morgan fingerprint density at radius 3 is 2.00 bits per heavy atom. The summed E-state index contributed by atoms with van der Waals surface area (Å²) in [5.74, 6) is 2.17. The van der Waals surface area contributed by atoms with Crippen LogP contribution in [0.5, 0.6) is 28.7 Å². The van der Waals surface area contributed by atoms with Crippen molar-refractivity contribution >= 4 is 9.84 Å². The van der Waals surface area contributed by atoms with Crippen LogP contribution < -0.4 is 29.4 Å². The molecule has 1 aliphatic heterocycles. The Hall–Kier alpha value is -2.95. The fourth-order valence-corrected chi connectivity index (χ4v) is 5.08. The third kappa shape index (κ3) is 6.88. The number of methoxy groups -OCH3 is 3. The molecule has 9 nitrogen and oxygen atoms in total. The van der Waals surface area contributed by atoms with E-state index >= 15 is 0 Å². The van der Waals surface area contributed by atoms with Gasteiger partial charge in [-0.25, -0.2) is 8.42 Å². The van der Waals surface area contributed by atoms with Gasteiger partial charge in [0.25, 0.3) is 0 Å². The number of hydrogen-bond donors (Lipinski definition) is 1. The summed E-state index contributed by atoms with van der Waals surface area (Å²) in [6.45, 7) is 2.93. The van der Waals surface area contributed by atoms with Gasteiger partial charge < -0.3 is 34.2 Å². The van der Waals surface area contributed by atoms with Gasteiger partial charge in [-0.15, -0.1) is 0 Å². The van der Waals surface area contributed by atoms with Crippen LogP contribution in [0.15, 0.2) is 41.3 Å². The van der Waals surface area contributed by atoms with Crippen LogP contribution in [-0.2, 0) is 14.6 Å². The molecular weight excluding hydrogens is 498 g/mol. The Morgan fingerprint density at radius 2 is 1.49 bits per heavy atom. The molecule has 3 rings (SSSR count). The highest BCUT2D eigenvalue weighted by atomic mass is 32.2. The van der Waals surface area contributed by atoms with Gasteiger partial charge >= 0.3 is 0 Å². The number of hydrogen-bond acceptors (Lipinski definition) is 9. The van der Waals surface area contributed by atoms with Crippen molar-refractivity contribution in [3.8, 4) is 28.7 Å². The number of ether oxygens (including phenoxy) is 6. The van der Waals surface area contributed by atoms with Gasteiger partial charge in [0.15, 0.2) is 32.8 Å². The zero-order valence-electron chi connectivity index (χ0n) is 22.1. The van der Waals surface area contributed by atoms with Gasteiger partial charge in [0.2, 0.25) is 5.75 Å². The lowest BCUT2D eigenvalue weighted by Crippen LogP contribution is -2.09. The summed E-state index contributed by atoms with van der Waals surface area (Å²) in [5, 5.41) is 0. The first-order valence-electron chi connectivity index (χ1n) is 12.2. The molecule has 0 aromatic heterocycles. The molecule has 0 bridgehead atoms. The maximum absolute atomic E-state index is 12.8. The average molecular weight is 536 g/mol.